The monoisotopic (exact) mass is 469 g/mol. The largest absolute Gasteiger partial charge is 0.487 e. The van der Waals surface area contributed by atoms with Gasteiger partial charge in [-0.15, -0.1) is 0 Å². The fourth-order valence-corrected chi connectivity index (χ4v) is 5.88. The third kappa shape index (κ3) is 6.32. The second-order valence-corrected chi connectivity index (χ2v) is 10.7. The number of carbonyl (C=O) groups excluding carboxylic acids is 2. The van der Waals surface area contributed by atoms with Gasteiger partial charge in [0.1, 0.15) is 11.9 Å². The Labute approximate surface area is 205 Å². The van der Waals surface area contributed by atoms with E-state index in [9.17, 15) is 9.59 Å². The molecular weight excluding hydrogens is 426 g/mol. The van der Waals surface area contributed by atoms with E-state index in [1.54, 1.807) is 0 Å². The Morgan fingerprint density at radius 2 is 1.59 bits per heavy atom. The second kappa shape index (κ2) is 12.1. The number of amides is 2. The van der Waals surface area contributed by atoms with Gasteiger partial charge in [0.15, 0.2) is 0 Å². The number of benzene rings is 1. The minimum absolute atomic E-state index is 0.0233. The highest BCUT2D eigenvalue weighted by Gasteiger charge is 2.36. The van der Waals surface area contributed by atoms with E-state index in [1.807, 2.05) is 36.2 Å². The first-order chi connectivity index (χ1) is 16.5. The third-order valence-corrected chi connectivity index (χ3v) is 8.07. The van der Waals surface area contributed by atoms with E-state index in [2.05, 4.69) is 16.8 Å². The molecule has 0 bridgehead atoms. The molecule has 0 unspecified atom stereocenters. The Bertz CT molecular complexity index is 821. The molecule has 1 saturated heterocycles. The van der Waals surface area contributed by atoms with Gasteiger partial charge in [-0.05, 0) is 83.1 Å². The molecule has 6 nitrogen and oxygen atoms in total. The van der Waals surface area contributed by atoms with Gasteiger partial charge in [0.2, 0.25) is 5.91 Å². The van der Waals surface area contributed by atoms with E-state index < -0.39 is 0 Å². The number of carbonyl (C=O) groups is 2. The SMILES string of the molecule is CN1CCC(CC(=O)N2CCCCCCN(C)C(=O)c3ccccc3O[C@H]3CCCC[C@H]32)CC1. The van der Waals surface area contributed by atoms with Crippen LogP contribution in [0.5, 0.6) is 5.75 Å². The van der Waals surface area contributed by atoms with Gasteiger partial charge in [0.05, 0.1) is 11.6 Å². The molecule has 0 spiro atoms. The molecule has 188 valence electrons. The molecule has 0 aromatic heterocycles. The van der Waals surface area contributed by atoms with Gasteiger partial charge in [0.25, 0.3) is 5.91 Å². The molecule has 2 aliphatic heterocycles. The summed E-state index contributed by atoms with van der Waals surface area (Å²) >= 11 is 0. The van der Waals surface area contributed by atoms with Gasteiger partial charge >= 0.3 is 0 Å². The van der Waals surface area contributed by atoms with Gasteiger partial charge < -0.3 is 19.4 Å². The Morgan fingerprint density at radius 3 is 2.38 bits per heavy atom. The summed E-state index contributed by atoms with van der Waals surface area (Å²) in [6.07, 6.45) is 11.2. The average molecular weight is 470 g/mol. The van der Waals surface area contributed by atoms with Crippen molar-refractivity contribution in [2.45, 2.75) is 82.8 Å². The zero-order chi connectivity index (χ0) is 23.9. The first-order valence-electron chi connectivity index (χ1n) is 13.5. The summed E-state index contributed by atoms with van der Waals surface area (Å²) < 4.78 is 6.60. The molecule has 2 atom stereocenters. The summed E-state index contributed by atoms with van der Waals surface area (Å²) in [6, 6.07) is 7.74. The fourth-order valence-electron chi connectivity index (χ4n) is 5.88. The number of hydrogen-bond donors (Lipinski definition) is 0. The first kappa shape index (κ1) is 25.0. The molecule has 0 N–H and O–H groups in total. The summed E-state index contributed by atoms with van der Waals surface area (Å²) in [5.74, 6) is 1.49. The lowest BCUT2D eigenvalue weighted by molar-refractivity contribution is -0.138. The lowest BCUT2D eigenvalue weighted by Gasteiger charge is -2.41. The molecule has 2 heterocycles. The number of nitrogens with zero attached hydrogens (tertiary/aromatic N) is 3. The van der Waals surface area contributed by atoms with Crippen LogP contribution < -0.4 is 4.74 Å². The molecule has 2 fully saturated rings. The van der Waals surface area contributed by atoms with Crippen molar-refractivity contribution in [1.29, 1.82) is 0 Å². The Morgan fingerprint density at radius 1 is 0.882 bits per heavy atom. The van der Waals surface area contributed by atoms with Gasteiger partial charge in [-0.1, -0.05) is 31.4 Å². The van der Waals surface area contributed by atoms with Crippen molar-refractivity contribution in [2.75, 3.05) is 40.3 Å². The molecule has 3 aliphatic rings. The lowest BCUT2D eigenvalue weighted by atomic mass is 9.88. The number of piperidine rings is 1. The van der Waals surface area contributed by atoms with Crippen molar-refractivity contribution < 1.29 is 14.3 Å². The maximum absolute atomic E-state index is 13.7. The van der Waals surface area contributed by atoms with E-state index >= 15 is 0 Å². The van der Waals surface area contributed by atoms with Crippen LogP contribution in [0.15, 0.2) is 24.3 Å². The molecule has 0 radical (unpaired) electrons. The zero-order valence-electron chi connectivity index (χ0n) is 21.2. The van der Waals surface area contributed by atoms with Crippen molar-refractivity contribution in [3.05, 3.63) is 29.8 Å². The van der Waals surface area contributed by atoms with Crippen LogP contribution in [0.1, 0.15) is 81.0 Å². The Kier molecular flexibility index (Phi) is 8.87. The van der Waals surface area contributed by atoms with Crippen molar-refractivity contribution in [3.63, 3.8) is 0 Å². The number of rotatable bonds is 2. The molecule has 1 saturated carbocycles. The first-order valence-corrected chi connectivity index (χ1v) is 13.5. The molecule has 2 amide bonds. The number of hydrogen-bond acceptors (Lipinski definition) is 4. The van der Waals surface area contributed by atoms with Crippen molar-refractivity contribution in [2.24, 2.45) is 5.92 Å². The van der Waals surface area contributed by atoms with E-state index in [0.717, 1.165) is 90.4 Å². The Balaban J connectivity index is 1.56. The van der Waals surface area contributed by atoms with Crippen LogP contribution in [0, 0.1) is 5.92 Å². The second-order valence-electron chi connectivity index (χ2n) is 10.7. The smallest absolute Gasteiger partial charge is 0.257 e. The average Bonchev–Trinajstić information content (AvgIpc) is 2.85. The predicted octanol–water partition coefficient (Wildman–Crippen LogP) is 4.58. The molecule has 1 aromatic rings. The van der Waals surface area contributed by atoms with Gasteiger partial charge in [0, 0.05) is 26.6 Å². The summed E-state index contributed by atoms with van der Waals surface area (Å²) in [5.41, 5.74) is 0.635. The number of para-hydroxylation sites is 1. The van der Waals surface area contributed by atoms with Crippen LogP contribution in [0.2, 0.25) is 0 Å². The highest BCUT2D eigenvalue weighted by Crippen LogP contribution is 2.31. The number of fused-ring (bicyclic) bond motifs is 2. The molecule has 4 rings (SSSR count). The molecule has 1 aliphatic carbocycles. The summed E-state index contributed by atoms with van der Waals surface area (Å²) in [4.78, 5) is 33.2. The normalized spacial score (nSPS) is 26.2. The topological polar surface area (TPSA) is 53.1 Å². The Hall–Kier alpha value is -2.08. The molecule has 1 aromatic carbocycles. The van der Waals surface area contributed by atoms with Crippen LogP contribution in [-0.4, -0.2) is 78.9 Å². The van der Waals surface area contributed by atoms with Crippen LogP contribution in [-0.2, 0) is 4.79 Å². The van der Waals surface area contributed by atoms with E-state index in [4.69, 9.17) is 4.74 Å². The fraction of sp³-hybridized carbons (Fsp3) is 0.714. The highest BCUT2D eigenvalue weighted by atomic mass is 16.5. The van der Waals surface area contributed by atoms with E-state index in [1.165, 1.54) is 0 Å². The van der Waals surface area contributed by atoms with Crippen molar-refractivity contribution >= 4 is 11.8 Å². The highest BCUT2D eigenvalue weighted by molar-refractivity contribution is 5.96. The summed E-state index contributed by atoms with van der Waals surface area (Å²) in [7, 11) is 4.06. The molecule has 34 heavy (non-hydrogen) atoms. The van der Waals surface area contributed by atoms with Gasteiger partial charge in [-0.2, -0.15) is 0 Å². The summed E-state index contributed by atoms with van der Waals surface area (Å²) in [5, 5.41) is 0. The summed E-state index contributed by atoms with van der Waals surface area (Å²) in [6.45, 7) is 3.75. The number of ether oxygens (including phenoxy) is 1. The third-order valence-electron chi connectivity index (χ3n) is 8.07. The van der Waals surface area contributed by atoms with Gasteiger partial charge in [-0.25, -0.2) is 0 Å². The zero-order valence-corrected chi connectivity index (χ0v) is 21.2. The van der Waals surface area contributed by atoms with Crippen molar-refractivity contribution in [1.82, 2.24) is 14.7 Å². The maximum atomic E-state index is 13.7. The van der Waals surface area contributed by atoms with E-state index in [0.29, 0.717) is 29.6 Å². The quantitative estimate of drug-likeness (QED) is 0.636. The standard InChI is InChI=1S/C28H43N3O3/c1-29-19-15-22(16-20-29)21-27(32)31-18-10-4-3-9-17-30(2)28(33)23-11-5-7-13-25(23)34-26-14-8-6-12-24(26)31/h5,7,11,13,22,24,26H,3-4,6,8-10,12,14-21H2,1-2H3/t24-,26+/m1/s1. The maximum Gasteiger partial charge on any atom is 0.257 e. The van der Waals surface area contributed by atoms with Gasteiger partial charge in [-0.3, -0.25) is 9.59 Å². The minimum Gasteiger partial charge on any atom is -0.487 e. The molecular formula is C28H43N3O3. The predicted molar refractivity (Wildman–Crippen MR) is 135 cm³/mol. The van der Waals surface area contributed by atoms with Crippen LogP contribution >= 0.6 is 0 Å². The van der Waals surface area contributed by atoms with E-state index in [-0.39, 0.29) is 18.1 Å². The van der Waals surface area contributed by atoms with Crippen LogP contribution in [0.3, 0.4) is 0 Å². The van der Waals surface area contributed by atoms with Crippen molar-refractivity contribution in [3.8, 4) is 5.75 Å². The molecule has 6 heteroatoms. The van der Waals surface area contributed by atoms with Crippen LogP contribution in [0.4, 0.5) is 0 Å². The minimum atomic E-state index is -0.0580. The number of likely N-dealkylation sites (tertiary alicyclic amines) is 1. The van der Waals surface area contributed by atoms with Crippen LogP contribution in [0.25, 0.3) is 0 Å². The lowest BCUT2D eigenvalue weighted by Crippen LogP contribution is -2.51.